The van der Waals surface area contributed by atoms with Crippen LogP contribution in [0.15, 0.2) is 42.3 Å². The average molecular weight is 288 g/mol. The molecule has 0 aliphatic rings. The Balaban J connectivity index is 2.19. The van der Waals surface area contributed by atoms with Gasteiger partial charge in [0.05, 0.1) is 0 Å². The van der Waals surface area contributed by atoms with Gasteiger partial charge in [0.25, 0.3) is 5.91 Å². The van der Waals surface area contributed by atoms with E-state index in [-0.39, 0.29) is 5.91 Å². The maximum atomic E-state index is 11.7. The highest BCUT2D eigenvalue weighted by Gasteiger charge is 2.11. The minimum Gasteiger partial charge on any atom is -0.490 e. The summed E-state index contributed by atoms with van der Waals surface area (Å²) in [5.74, 6) is 0.617. The number of carbonyl (C=O) groups is 1. The van der Waals surface area contributed by atoms with Crippen LogP contribution in [0.5, 0.6) is 5.75 Å². The van der Waals surface area contributed by atoms with E-state index in [2.05, 4.69) is 16.9 Å². The van der Waals surface area contributed by atoms with Gasteiger partial charge in [-0.1, -0.05) is 24.8 Å². The minimum atomic E-state index is -0.144. The van der Waals surface area contributed by atoms with Crippen LogP contribution in [-0.4, -0.2) is 24.0 Å². The Hall–Kier alpha value is -2.14. The van der Waals surface area contributed by atoms with E-state index >= 15 is 0 Å². The molecule has 5 heteroatoms. The van der Waals surface area contributed by atoms with Gasteiger partial charge in [-0.15, -0.1) is 11.3 Å². The van der Waals surface area contributed by atoms with Gasteiger partial charge in [0, 0.05) is 17.5 Å². The van der Waals surface area contributed by atoms with E-state index in [1.807, 2.05) is 31.2 Å². The van der Waals surface area contributed by atoms with Gasteiger partial charge in [-0.25, -0.2) is 4.98 Å². The fourth-order valence-electron chi connectivity index (χ4n) is 1.64. The first-order valence-corrected chi connectivity index (χ1v) is 7.20. The molecule has 0 spiro atoms. The molecule has 1 heterocycles. The Morgan fingerprint density at radius 1 is 1.55 bits per heavy atom. The van der Waals surface area contributed by atoms with Crippen molar-refractivity contribution in [3.63, 3.8) is 0 Å². The molecule has 2 aromatic rings. The summed E-state index contributed by atoms with van der Waals surface area (Å²) in [6, 6.07) is 7.64. The zero-order valence-electron chi connectivity index (χ0n) is 11.3. The monoisotopic (exact) mass is 288 g/mol. The number of hydrogen-bond acceptors (Lipinski definition) is 4. The van der Waals surface area contributed by atoms with E-state index in [0.29, 0.717) is 18.8 Å². The second-order valence-corrected chi connectivity index (χ2v) is 4.88. The number of rotatable bonds is 6. The van der Waals surface area contributed by atoms with Crippen LogP contribution >= 0.6 is 11.3 Å². The molecule has 4 nitrogen and oxygen atoms in total. The van der Waals surface area contributed by atoms with Gasteiger partial charge in [0.2, 0.25) is 0 Å². The lowest BCUT2D eigenvalue weighted by atomic mass is 10.2. The van der Waals surface area contributed by atoms with Crippen LogP contribution in [0.4, 0.5) is 0 Å². The summed E-state index contributed by atoms with van der Waals surface area (Å²) in [6.45, 7) is 6.55. The Morgan fingerprint density at radius 3 is 3.15 bits per heavy atom. The van der Waals surface area contributed by atoms with E-state index < -0.39 is 0 Å². The highest BCUT2D eigenvalue weighted by atomic mass is 32.1. The van der Waals surface area contributed by atoms with Crippen molar-refractivity contribution < 1.29 is 9.53 Å². The molecule has 0 aliphatic carbocycles. The van der Waals surface area contributed by atoms with Crippen molar-refractivity contribution in [2.45, 2.75) is 6.92 Å². The molecular weight excluding hydrogens is 272 g/mol. The van der Waals surface area contributed by atoms with Gasteiger partial charge in [-0.2, -0.15) is 0 Å². The average Bonchev–Trinajstić information content (AvgIpc) is 2.95. The second kappa shape index (κ2) is 6.86. The minimum absolute atomic E-state index is 0.144. The van der Waals surface area contributed by atoms with Crippen molar-refractivity contribution in [2.75, 3.05) is 13.2 Å². The topological polar surface area (TPSA) is 51.2 Å². The first kappa shape index (κ1) is 14.3. The highest BCUT2D eigenvalue weighted by Crippen LogP contribution is 2.27. The molecule has 1 aromatic carbocycles. The summed E-state index contributed by atoms with van der Waals surface area (Å²) in [5.41, 5.74) is 1.39. The van der Waals surface area contributed by atoms with Gasteiger partial charge >= 0.3 is 0 Å². The van der Waals surface area contributed by atoms with E-state index in [4.69, 9.17) is 4.74 Å². The number of benzene rings is 1. The van der Waals surface area contributed by atoms with Crippen LogP contribution in [0, 0.1) is 0 Å². The molecular formula is C15H16N2O2S. The number of thiazole rings is 1. The Morgan fingerprint density at radius 2 is 2.40 bits per heavy atom. The Bertz CT molecular complexity index is 607. The number of amides is 1. The Kier molecular flexibility index (Phi) is 4.90. The molecule has 1 aromatic heterocycles. The molecule has 2 rings (SSSR count). The van der Waals surface area contributed by atoms with Gasteiger partial charge in [-0.3, -0.25) is 4.79 Å². The van der Waals surface area contributed by atoms with Crippen molar-refractivity contribution >= 4 is 17.2 Å². The smallest absolute Gasteiger partial charge is 0.270 e. The molecule has 0 radical (unpaired) electrons. The molecule has 20 heavy (non-hydrogen) atoms. The first-order valence-electron chi connectivity index (χ1n) is 6.32. The van der Waals surface area contributed by atoms with Crippen LogP contribution < -0.4 is 10.1 Å². The molecule has 1 N–H and O–H groups in total. The third-order valence-corrected chi connectivity index (χ3v) is 3.41. The SMILES string of the molecule is C=CCOc1cccc(-c2nc(C(=O)NCC)cs2)c1. The number of hydrogen-bond donors (Lipinski definition) is 1. The number of nitrogens with one attached hydrogen (secondary N) is 1. The van der Waals surface area contributed by atoms with Gasteiger partial charge in [0.1, 0.15) is 23.1 Å². The van der Waals surface area contributed by atoms with Gasteiger partial charge in [-0.05, 0) is 19.1 Å². The van der Waals surface area contributed by atoms with Gasteiger partial charge in [0.15, 0.2) is 0 Å². The van der Waals surface area contributed by atoms with Crippen molar-refractivity contribution in [3.8, 4) is 16.3 Å². The summed E-state index contributed by atoms with van der Waals surface area (Å²) < 4.78 is 5.49. The number of aromatic nitrogens is 1. The van der Waals surface area contributed by atoms with Crippen LogP contribution in [0.3, 0.4) is 0 Å². The second-order valence-electron chi connectivity index (χ2n) is 4.02. The molecule has 0 aliphatic heterocycles. The highest BCUT2D eigenvalue weighted by molar-refractivity contribution is 7.13. The normalized spacial score (nSPS) is 10.1. The zero-order valence-corrected chi connectivity index (χ0v) is 12.1. The van der Waals surface area contributed by atoms with E-state index in [1.54, 1.807) is 11.5 Å². The lowest BCUT2D eigenvalue weighted by Gasteiger charge is -2.04. The van der Waals surface area contributed by atoms with Gasteiger partial charge < -0.3 is 10.1 Å². The molecule has 0 unspecified atom stereocenters. The van der Waals surface area contributed by atoms with Crippen molar-refractivity contribution in [1.29, 1.82) is 0 Å². The summed E-state index contributed by atoms with van der Waals surface area (Å²) in [7, 11) is 0. The third kappa shape index (κ3) is 3.45. The maximum absolute atomic E-state index is 11.7. The van der Waals surface area contributed by atoms with Crippen molar-refractivity contribution in [1.82, 2.24) is 10.3 Å². The van der Waals surface area contributed by atoms with E-state index in [9.17, 15) is 4.79 Å². The van der Waals surface area contributed by atoms with Crippen molar-refractivity contribution in [3.05, 3.63) is 48.0 Å². The summed E-state index contributed by atoms with van der Waals surface area (Å²) >= 11 is 1.44. The lowest BCUT2D eigenvalue weighted by molar-refractivity contribution is 0.0951. The Labute approximate surface area is 122 Å². The van der Waals surface area contributed by atoms with Crippen LogP contribution in [0.2, 0.25) is 0 Å². The quantitative estimate of drug-likeness (QED) is 0.831. The lowest BCUT2D eigenvalue weighted by Crippen LogP contribution is -2.22. The van der Waals surface area contributed by atoms with Crippen LogP contribution in [0.1, 0.15) is 17.4 Å². The molecule has 104 valence electrons. The predicted molar refractivity (Wildman–Crippen MR) is 81.2 cm³/mol. The number of nitrogens with zero attached hydrogens (tertiary/aromatic N) is 1. The van der Waals surface area contributed by atoms with E-state index in [1.165, 1.54) is 11.3 Å². The number of carbonyl (C=O) groups excluding carboxylic acids is 1. The van der Waals surface area contributed by atoms with Crippen molar-refractivity contribution in [2.24, 2.45) is 0 Å². The molecule has 0 atom stereocenters. The zero-order chi connectivity index (χ0) is 14.4. The molecule has 0 saturated carbocycles. The fraction of sp³-hybridized carbons (Fsp3) is 0.200. The molecule has 1 amide bonds. The largest absolute Gasteiger partial charge is 0.490 e. The molecule has 0 fully saturated rings. The summed E-state index contributed by atoms with van der Waals surface area (Å²) in [5, 5.41) is 5.30. The van der Waals surface area contributed by atoms with Crippen LogP contribution in [0.25, 0.3) is 10.6 Å². The maximum Gasteiger partial charge on any atom is 0.270 e. The number of ether oxygens (including phenoxy) is 1. The predicted octanol–water partition coefficient (Wildman–Crippen LogP) is 3.12. The van der Waals surface area contributed by atoms with Crippen LogP contribution in [-0.2, 0) is 0 Å². The summed E-state index contributed by atoms with van der Waals surface area (Å²) in [4.78, 5) is 16.0. The molecule has 0 bridgehead atoms. The fourth-order valence-corrected chi connectivity index (χ4v) is 2.43. The van der Waals surface area contributed by atoms with E-state index in [0.717, 1.165) is 16.3 Å². The third-order valence-electron chi connectivity index (χ3n) is 2.52. The molecule has 0 saturated heterocycles. The standard InChI is InChI=1S/C15H16N2O2S/c1-3-8-19-12-7-5-6-11(9-12)15-17-13(10-20-15)14(18)16-4-2/h3,5-7,9-10H,1,4,8H2,2H3,(H,16,18). The summed E-state index contributed by atoms with van der Waals surface area (Å²) in [6.07, 6.45) is 1.70. The first-order chi connectivity index (χ1) is 9.74.